The van der Waals surface area contributed by atoms with Crippen LogP contribution in [0.25, 0.3) is 11.3 Å². The third-order valence-electron chi connectivity index (χ3n) is 6.49. The third-order valence-corrected chi connectivity index (χ3v) is 6.85. The largest absolute Gasteiger partial charge is 0.495 e. The molecule has 0 bridgehead atoms. The fraction of sp³-hybridized carbons (Fsp3) is 0.172. The summed E-state index contributed by atoms with van der Waals surface area (Å²) >= 11 is 5.69. The second-order valence-corrected chi connectivity index (χ2v) is 9.29. The lowest BCUT2D eigenvalue weighted by molar-refractivity contribution is -0.116. The van der Waals surface area contributed by atoms with Crippen molar-refractivity contribution in [2.24, 2.45) is 0 Å². The number of anilines is 1. The van der Waals surface area contributed by atoms with E-state index in [1.165, 1.54) is 12.1 Å². The number of carbonyl (C=O) groups is 2. The second-order valence-electron chi connectivity index (χ2n) is 8.90. The highest BCUT2D eigenvalue weighted by atomic mass is 32.1. The molecule has 9 nitrogen and oxygen atoms in total. The first-order valence-corrected chi connectivity index (χ1v) is 12.7. The lowest BCUT2D eigenvalue weighted by Crippen LogP contribution is -2.32. The van der Waals surface area contributed by atoms with Crippen molar-refractivity contribution >= 4 is 34.9 Å². The Morgan fingerprint density at radius 2 is 1.85 bits per heavy atom. The summed E-state index contributed by atoms with van der Waals surface area (Å²) in [7, 11) is 1.56. The highest BCUT2D eigenvalue weighted by molar-refractivity contribution is 7.80. The number of ether oxygens (including phenoxy) is 1. The Balaban J connectivity index is 1.39. The van der Waals surface area contributed by atoms with Crippen LogP contribution in [0.5, 0.6) is 5.75 Å². The number of methoxy groups -OCH3 is 1. The van der Waals surface area contributed by atoms with Gasteiger partial charge in [-0.2, -0.15) is 0 Å². The second kappa shape index (κ2) is 11.4. The van der Waals surface area contributed by atoms with E-state index >= 15 is 0 Å². The van der Waals surface area contributed by atoms with Crippen LogP contribution in [0.3, 0.4) is 0 Å². The minimum atomic E-state index is -0.990. The number of rotatable bonds is 9. The molecular weight excluding hydrogens is 516 g/mol. The number of pyridine rings is 1. The molecule has 0 saturated carbocycles. The molecule has 1 amide bonds. The van der Waals surface area contributed by atoms with Crippen molar-refractivity contribution in [1.29, 1.82) is 0 Å². The molecule has 198 valence electrons. The maximum Gasteiger partial charge on any atom is 0.335 e. The quantitative estimate of drug-likeness (QED) is 0.250. The van der Waals surface area contributed by atoms with Crippen LogP contribution in [0.1, 0.15) is 40.3 Å². The predicted octanol–water partition coefficient (Wildman–Crippen LogP) is 5.05. The van der Waals surface area contributed by atoms with Crippen LogP contribution in [0.15, 0.2) is 89.5 Å². The van der Waals surface area contributed by atoms with E-state index in [0.717, 1.165) is 11.3 Å². The van der Waals surface area contributed by atoms with Crippen LogP contribution in [0, 0.1) is 0 Å². The van der Waals surface area contributed by atoms with E-state index in [1.807, 2.05) is 47.4 Å². The average Bonchev–Trinajstić information content (AvgIpc) is 3.57. The van der Waals surface area contributed by atoms with Gasteiger partial charge in [-0.25, -0.2) is 4.79 Å². The number of thiocarbonyl (C=S) groups is 1. The van der Waals surface area contributed by atoms with E-state index < -0.39 is 5.97 Å². The fourth-order valence-electron chi connectivity index (χ4n) is 4.58. The number of carboxylic acids is 1. The molecule has 39 heavy (non-hydrogen) atoms. The molecule has 1 aliphatic rings. The van der Waals surface area contributed by atoms with E-state index in [4.69, 9.17) is 21.4 Å². The van der Waals surface area contributed by atoms with Crippen molar-refractivity contribution in [3.05, 3.63) is 102 Å². The van der Waals surface area contributed by atoms with E-state index in [1.54, 1.807) is 37.6 Å². The number of furan rings is 1. The molecule has 0 unspecified atom stereocenters. The van der Waals surface area contributed by atoms with Crippen LogP contribution < -0.4 is 15.4 Å². The average molecular weight is 543 g/mol. The molecule has 3 N–H and O–H groups in total. The molecule has 0 spiro atoms. The molecule has 0 aliphatic carbocycles. The number of carbonyl (C=O) groups excluding carboxylic acids is 1. The van der Waals surface area contributed by atoms with Gasteiger partial charge in [0.05, 0.1) is 30.1 Å². The first kappa shape index (κ1) is 25.9. The van der Waals surface area contributed by atoms with Gasteiger partial charge in [-0.05, 0) is 60.7 Å². The number of para-hydroxylation sites is 2. The Labute approximate surface area is 230 Å². The molecule has 2 aromatic heterocycles. The topological polar surface area (TPSA) is 117 Å². The highest BCUT2D eigenvalue weighted by Gasteiger charge is 2.41. The minimum absolute atomic E-state index is 0.176. The van der Waals surface area contributed by atoms with Gasteiger partial charge >= 0.3 is 5.97 Å². The van der Waals surface area contributed by atoms with E-state index in [2.05, 4.69) is 15.6 Å². The Bertz CT molecular complexity index is 1490. The molecule has 3 heterocycles. The summed E-state index contributed by atoms with van der Waals surface area (Å²) in [6, 6.07) is 22.4. The molecule has 4 aromatic rings. The summed E-state index contributed by atoms with van der Waals surface area (Å²) in [5, 5.41) is 15.9. The predicted molar refractivity (Wildman–Crippen MR) is 150 cm³/mol. The SMILES string of the molecule is COc1ccccc1NC(=O)CCN1C(=S)N[C@@H](c2ccccn2)[C@H]1c1ccc(-c2ccc(C(=O)O)cc2)o1. The van der Waals surface area contributed by atoms with Gasteiger partial charge in [0.2, 0.25) is 5.91 Å². The van der Waals surface area contributed by atoms with Gasteiger partial charge < -0.3 is 29.8 Å². The Kier molecular flexibility index (Phi) is 7.55. The smallest absolute Gasteiger partial charge is 0.335 e. The van der Waals surface area contributed by atoms with Gasteiger partial charge in [0.15, 0.2) is 5.11 Å². The number of aromatic nitrogens is 1. The molecule has 2 atom stereocenters. The summed E-state index contributed by atoms with van der Waals surface area (Å²) in [4.78, 5) is 30.6. The Morgan fingerprint density at radius 3 is 2.56 bits per heavy atom. The maximum absolute atomic E-state index is 12.9. The fourth-order valence-corrected chi connectivity index (χ4v) is 4.91. The van der Waals surface area contributed by atoms with Crippen LogP contribution >= 0.6 is 12.2 Å². The van der Waals surface area contributed by atoms with E-state index in [9.17, 15) is 14.7 Å². The summed E-state index contributed by atoms with van der Waals surface area (Å²) in [6.45, 7) is 0.337. The molecule has 0 radical (unpaired) electrons. The number of carboxylic acid groups (broad SMARTS) is 1. The van der Waals surface area contributed by atoms with Gasteiger partial charge in [0.1, 0.15) is 23.3 Å². The van der Waals surface area contributed by atoms with Gasteiger partial charge in [-0.1, -0.05) is 30.3 Å². The molecule has 2 aromatic carbocycles. The monoisotopic (exact) mass is 542 g/mol. The van der Waals surface area contributed by atoms with Crippen LogP contribution in [0.4, 0.5) is 5.69 Å². The van der Waals surface area contributed by atoms with Crippen LogP contribution in [0.2, 0.25) is 0 Å². The number of benzene rings is 2. The summed E-state index contributed by atoms with van der Waals surface area (Å²) < 4.78 is 11.6. The summed E-state index contributed by atoms with van der Waals surface area (Å²) in [6.07, 6.45) is 1.90. The Morgan fingerprint density at radius 1 is 1.08 bits per heavy atom. The van der Waals surface area contributed by atoms with E-state index in [0.29, 0.717) is 34.6 Å². The third kappa shape index (κ3) is 5.60. The summed E-state index contributed by atoms with van der Waals surface area (Å²) in [5.74, 6) is 0.641. The molecule has 10 heteroatoms. The van der Waals surface area contributed by atoms with Gasteiger partial charge in [0, 0.05) is 24.7 Å². The van der Waals surface area contributed by atoms with Crippen LogP contribution in [-0.4, -0.2) is 45.6 Å². The molecule has 1 fully saturated rings. The van der Waals surface area contributed by atoms with Crippen molar-refractivity contribution in [1.82, 2.24) is 15.2 Å². The van der Waals surface area contributed by atoms with Crippen molar-refractivity contribution in [2.45, 2.75) is 18.5 Å². The molecule has 5 rings (SSSR count). The number of hydrogen-bond acceptors (Lipinski definition) is 6. The standard InChI is InChI=1S/C29H26N4O5S/c1-37-23-8-3-2-6-20(23)31-25(34)15-17-33-27(26(32-29(33)39)21-7-4-5-16-30-21)24-14-13-22(38-24)18-9-11-19(12-10-18)28(35)36/h2-14,16,26-27H,15,17H2,1H3,(H,31,34)(H,32,39)(H,35,36)/t26-,27+/m0/s1. The van der Waals surface area contributed by atoms with Gasteiger partial charge in [0.25, 0.3) is 0 Å². The number of aromatic carboxylic acids is 1. The lowest BCUT2D eigenvalue weighted by Gasteiger charge is -2.26. The number of nitrogens with zero attached hydrogens (tertiary/aromatic N) is 2. The molecule has 1 saturated heterocycles. The van der Waals surface area contributed by atoms with Crippen molar-refractivity contribution in [3.8, 4) is 17.1 Å². The number of nitrogens with one attached hydrogen (secondary N) is 2. The van der Waals surface area contributed by atoms with Crippen molar-refractivity contribution < 1.29 is 23.8 Å². The lowest BCUT2D eigenvalue weighted by atomic mass is 10.0. The van der Waals surface area contributed by atoms with Gasteiger partial charge in [-0.3, -0.25) is 9.78 Å². The van der Waals surface area contributed by atoms with E-state index in [-0.39, 0.29) is 30.0 Å². The Hall–Kier alpha value is -4.70. The molecular formula is C29H26N4O5S. The van der Waals surface area contributed by atoms with Crippen LogP contribution in [-0.2, 0) is 4.79 Å². The van der Waals surface area contributed by atoms with Crippen molar-refractivity contribution in [3.63, 3.8) is 0 Å². The normalized spacial score (nSPS) is 16.5. The first-order valence-electron chi connectivity index (χ1n) is 12.3. The van der Waals surface area contributed by atoms with Gasteiger partial charge in [-0.15, -0.1) is 0 Å². The zero-order valence-corrected chi connectivity index (χ0v) is 21.9. The molecule has 1 aliphatic heterocycles. The zero-order chi connectivity index (χ0) is 27.4. The summed E-state index contributed by atoms with van der Waals surface area (Å²) in [5.41, 5.74) is 2.33. The first-order chi connectivity index (χ1) is 18.9. The maximum atomic E-state index is 12.9. The minimum Gasteiger partial charge on any atom is -0.495 e. The number of amides is 1. The number of hydrogen-bond donors (Lipinski definition) is 3. The highest BCUT2D eigenvalue weighted by Crippen LogP contribution is 2.40. The zero-order valence-electron chi connectivity index (χ0n) is 21.0. The van der Waals surface area contributed by atoms with Crippen molar-refractivity contribution in [2.75, 3.05) is 19.0 Å².